The van der Waals surface area contributed by atoms with Crippen LogP contribution in [-0.4, -0.2) is 23.1 Å². The Morgan fingerprint density at radius 2 is 1.91 bits per heavy atom. The Kier molecular flexibility index (Phi) is 6.32. The van der Waals surface area contributed by atoms with E-state index >= 15 is 0 Å². The summed E-state index contributed by atoms with van der Waals surface area (Å²) < 4.78 is 6.20. The normalized spacial score (nSPS) is 19.2. The highest BCUT2D eigenvalue weighted by atomic mass is 32.4. The minimum atomic E-state index is -2.54. The second kappa shape index (κ2) is 7.84. The Morgan fingerprint density at radius 1 is 1.30 bits per heavy atom. The van der Waals surface area contributed by atoms with Gasteiger partial charge < -0.3 is 4.52 Å². The molecule has 1 unspecified atom stereocenters. The number of hydrogen-bond acceptors (Lipinski definition) is 4. The predicted molar refractivity (Wildman–Crippen MR) is 97.4 cm³/mol. The smallest absolute Gasteiger partial charge is 0.232 e. The van der Waals surface area contributed by atoms with Gasteiger partial charge in [-0.2, -0.15) is 0 Å². The molecule has 1 saturated carbocycles. The van der Waals surface area contributed by atoms with Gasteiger partial charge in [0.15, 0.2) is 6.42 Å². The first-order chi connectivity index (χ1) is 10.8. The van der Waals surface area contributed by atoms with Crippen LogP contribution in [0.5, 0.6) is 0 Å². The monoisotopic (exact) mass is 356 g/mol. The van der Waals surface area contributed by atoms with Gasteiger partial charge in [-0.15, -0.1) is 0 Å². The Hall–Kier alpha value is -0.810. The van der Waals surface area contributed by atoms with E-state index in [2.05, 4.69) is 5.09 Å². The van der Waals surface area contributed by atoms with Crippen molar-refractivity contribution in [2.45, 2.75) is 57.6 Å². The summed E-state index contributed by atoms with van der Waals surface area (Å²) in [6.45, 7) is 3.22. The van der Waals surface area contributed by atoms with Crippen LogP contribution in [-0.2, 0) is 16.3 Å². The summed E-state index contributed by atoms with van der Waals surface area (Å²) in [6.07, 6.45) is 3.29. The van der Waals surface area contributed by atoms with Crippen LogP contribution < -0.4 is 10.4 Å². The molecule has 0 aromatic heterocycles. The second-order valence-corrected chi connectivity index (χ2v) is 10.3. The van der Waals surface area contributed by atoms with Crippen molar-refractivity contribution in [2.24, 2.45) is 0 Å². The summed E-state index contributed by atoms with van der Waals surface area (Å²) >= 11 is 5.91. The van der Waals surface area contributed by atoms with Crippen molar-refractivity contribution >= 4 is 23.5 Å². The highest BCUT2D eigenvalue weighted by molar-refractivity contribution is 8.14. The highest BCUT2D eigenvalue weighted by Crippen LogP contribution is 2.47. The molecule has 1 N–H and O–H groups in total. The highest BCUT2D eigenvalue weighted by Gasteiger charge is 2.35. The van der Waals surface area contributed by atoms with Gasteiger partial charge in [-0.1, -0.05) is 49.6 Å². The first kappa shape index (κ1) is 18.5. The molecule has 0 aliphatic heterocycles. The molecule has 128 valence electrons. The lowest BCUT2D eigenvalue weighted by Gasteiger charge is -2.35. The van der Waals surface area contributed by atoms with Gasteiger partial charge in [0, 0.05) is 16.3 Å². The van der Waals surface area contributed by atoms with Gasteiger partial charge >= 0.3 is 0 Å². The minimum Gasteiger partial charge on any atom is -0.322 e. The molecule has 1 aliphatic rings. The van der Waals surface area contributed by atoms with Gasteiger partial charge in [-0.05, 0) is 38.5 Å². The zero-order chi connectivity index (χ0) is 16.9. The lowest BCUT2D eigenvalue weighted by molar-refractivity contribution is -0.496. The molecule has 0 saturated heterocycles. The average molecular weight is 356 g/mol. The van der Waals surface area contributed by atoms with Crippen molar-refractivity contribution < 1.29 is 9.45 Å². The molecule has 1 aromatic rings. The molecule has 1 atom stereocenters. The van der Waals surface area contributed by atoms with Crippen LogP contribution in [0.2, 0.25) is 0 Å². The lowest BCUT2D eigenvalue weighted by Crippen LogP contribution is -2.39. The van der Waals surface area contributed by atoms with Crippen molar-refractivity contribution in [3.8, 4) is 0 Å². The van der Waals surface area contributed by atoms with Crippen LogP contribution in [0.25, 0.3) is 0 Å². The van der Waals surface area contributed by atoms with E-state index in [1.807, 2.05) is 30.3 Å². The summed E-state index contributed by atoms with van der Waals surface area (Å²) in [4.78, 5) is 10.6. The van der Waals surface area contributed by atoms with E-state index in [0.29, 0.717) is 6.04 Å². The van der Waals surface area contributed by atoms with Gasteiger partial charge in [0.2, 0.25) is 6.54 Å². The van der Waals surface area contributed by atoms with E-state index in [9.17, 15) is 10.1 Å². The fraction of sp³-hybridized carbons (Fsp3) is 0.625. The number of nitrogens with one attached hydrogen (secondary N) is 1. The van der Waals surface area contributed by atoms with Crippen LogP contribution in [0.4, 0.5) is 0 Å². The molecule has 1 aliphatic carbocycles. The molecule has 0 bridgehead atoms. The van der Waals surface area contributed by atoms with Crippen molar-refractivity contribution in [3.63, 3.8) is 0 Å². The molecular weight excluding hydrogens is 331 g/mol. The third-order valence-corrected chi connectivity index (χ3v) is 7.55. The van der Waals surface area contributed by atoms with Crippen molar-refractivity contribution in [1.29, 1.82) is 0 Å². The van der Waals surface area contributed by atoms with Crippen molar-refractivity contribution in [1.82, 2.24) is 5.09 Å². The van der Waals surface area contributed by atoms with E-state index in [1.54, 1.807) is 13.8 Å². The van der Waals surface area contributed by atoms with E-state index in [0.717, 1.165) is 18.1 Å². The van der Waals surface area contributed by atoms with Gasteiger partial charge in [0.1, 0.15) is 5.60 Å². The maximum Gasteiger partial charge on any atom is 0.232 e. The molecule has 1 aromatic carbocycles. The van der Waals surface area contributed by atoms with Gasteiger partial charge in [-0.3, -0.25) is 15.2 Å². The zero-order valence-electron chi connectivity index (χ0n) is 13.7. The molecule has 5 nitrogen and oxygen atoms in total. The van der Waals surface area contributed by atoms with E-state index < -0.39 is 12.0 Å². The maximum atomic E-state index is 10.9. The molecule has 0 spiro atoms. The number of nitro groups is 1. The second-order valence-electron chi connectivity index (χ2n) is 6.69. The summed E-state index contributed by atoms with van der Waals surface area (Å²) in [5.41, 5.74) is -0.906. The van der Waals surface area contributed by atoms with Crippen molar-refractivity contribution in [2.75, 3.05) is 6.54 Å². The quantitative estimate of drug-likeness (QED) is 0.459. The molecule has 2 rings (SSSR count). The zero-order valence-corrected chi connectivity index (χ0v) is 15.4. The minimum absolute atomic E-state index is 0.259. The first-order valence-electron chi connectivity index (χ1n) is 8.07. The number of hydrogen-bond donors (Lipinski definition) is 1. The molecule has 23 heavy (non-hydrogen) atoms. The average Bonchev–Trinajstić information content (AvgIpc) is 2.47. The standard InChI is InChI=1S/C16H25N2O3PS/c1-16(2,13-18(19)20)21-22(23,15-11-7-4-8-12-15)17-14-9-5-3-6-10-14/h4,7-8,11-12,14H,3,5-6,9-10,13H2,1-2H3,(H,17,23). The summed E-state index contributed by atoms with van der Waals surface area (Å²) in [5, 5.41) is 15.4. The summed E-state index contributed by atoms with van der Waals surface area (Å²) in [7, 11) is 0. The van der Waals surface area contributed by atoms with Gasteiger partial charge in [-0.25, -0.2) is 0 Å². The molecule has 0 radical (unpaired) electrons. The Bertz CT molecular complexity index is 574. The third kappa shape index (κ3) is 5.64. The number of nitrogens with zero attached hydrogens (tertiary/aromatic N) is 1. The fourth-order valence-corrected chi connectivity index (χ4v) is 6.72. The van der Waals surface area contributed by atoms with Crippen molar-refractivity contribution in [3.05, 3.63) is 40.4 Å². The SMILES string of the molecule is CC(C)(C[N+](=O)[O-])OP(=S)(NC1CCCCC1)c1ccccc1. The number of benzene rings is 1. The third-order valence-electron chi connectivity index (χ3n) is 3.94. The Balaban J connectivity index is 2.24. The Labute approximate surface area is 143 Å². The van der Waals surface area contributed by atoms with Crippen LogP contribution >= 0.6 is 6.42 Å². The van der Waals surface area contributed by atoms with Crippen LogP contribution in [0.15, 0.2) is 30.3 Å². The topological polar surface area (TPSA) is 64.4 Å². The molecular formula is C16H25N2O3PS. The van der Waals surface area contributed by atoms with Gasteiger partial charge in [0.25, 0.3) is 0 Å². The van der Waals surface area contributed by atoms with Gasteiger partial charge in [0.05, 0.1) is 0 Å². The van der Waals surface area contributed by atoms with E-state index in [4.69, 9.17) is 16.3 Å². The maximum absolute atomic E-state index is 10.9. The van der Waals surface area contributed by atoms with E-state index in [-0.39, 0.29) is 11.5 Å². The molecule has 0 heterocycles. The van der Waals surface area contributed by atoms with Crippen LogP contribution in [0, 0.1) is 10.1 Å². The van der Waals surface area contributed by atoms with Crippen LogP contribution in [0.3, 0.4) is 0 Å². The van der Waals surface area contributed by atoms with E-state index in [1.165, 1.54) is 19.3 Å². The summed E-state index contributed by atoms with van der Waals surface area (Å²) in [6, 6.07) is 10.1. The predicted octanol–water partition coefficient (Wildman–Crippen LogP) is 3.62. The van der Waals surface area contributed by atoms with Crippen LogP contribution in [0.1, 0.15) is 46.0 Å². The first-order valence-corrected chi connectivity index (χ1v) is 10.8. The molecule has 0 amide bonds. The summed E-state index contributed by atoms with van der Waals surface area (Å²) in [5.74, 6) is 0. The molecule has 7 heteroatoms. The molecule has 1 fully saturated rings. The Morgan fingerprint density at radius 3 is 2.48 bits per heavy atom. The largest absolute Gasteiger partial charge is 0.322 e. The fourth-order valence-electron chi connectivity index (χ4n) is 2.94. The lowest BCUT2D eigenvalue weighted by atomic mass is 9.96. The number of rotatable bonds is 7.